The maximum atomic E-state index is 13.8. The zero-order chi connectivity index (χ0) is 21.3. The second kappa shape index (κ2) is 8.99. The van der Waals surface area contributed by atoms with Crippen LogP contribution in [-0.4, -0.2) is 24.5 Å². The Hall–Kier alpha value is -2.04. The number of nitrogens with two attached hydrogens (primary N) is 1. The molecule has 0 radical (unpaired) electrons. The van der Waals surface area contributed by atoms with Crippen molar-refractivity contribution in [1.82, 2.24) is 4.98 Å². The average Bonchev–Trinajstić information content (AvgIpc) is 3.32. The number of nitrogens with zero attached hydrogens (tertiary/aromatic N) is 1. The lowest BCUT2D eigenvalue weighted by Gasteiger charge is -2.18. The lowest BCUT2D eigenvalue weighted by molar-refractivity contribution is -0.0905. The molecule has 1 aromatic heterocycles. The molecular formula is C22H21Cl2FN2O3. The minimum absolute atomic E-state index is 0.0713. The Morgan fingerprint density at radius 1 is 1.37 bits per heavy atom. The molecule has 3 heterocycles. The largest absolute Gasteiger partial charge is 0.482 e. The Kier molecular flexibility index (Phi) is 6.35. The molecule has 30 heavy (non-hydrogen) atoms. The van der Waals surface area contributed by atoms with E-state index in [2.05, 4.69) is 16.8 Å². The van der Waals surface area contributed by atoms with E-state index in [4.69, 9.17) is 43.1 Å². The van der Waals surface area contributed by atoms with E-state index in [1.165, 1.54) is 12.1 Å². The van der Waals surface area contributed by atoms with Crippen LogP contribution in [0.1, 0.15) is 37.0 Å². The van der Waals surface area contributed by atoms with E-state index in [9.17, 15) is 4.39 Å². The smallest absolute Gasteiger partial charge is 0.166 e. The third-order valence-electron chi connectivity index (χ3n) is 5.43. The van der Waals surface area contributed by atoms with Gasteiger partial charge in [-0.05, 0) is 25.5 Å². The van der Waals surface area contributed by atoms with Gasteiger partial charge >= 0.3 is 0 Å². The van der Waals surface area contributed by atoms with E-state index in [0.29, 0.717) is 40.3 Å². The summed E-state index contributed by atoms with van der Waals surface area (Å²) in [7, 11) is 0. The summed E-state index contributed by atoms with van der Waals surface area (Å²) in [6, 6.07) is 4.36. The summed E-state index contributed by atoms with van der Waals surface area (Å²) < 4.78 is 30.9. The van der Waals surface area contributed by atoms with Crippen LogP contribution in [0.2, 0.25) is 10.0 Å². The topological polar surface area (TPSA) is 66.6 Å². The van der Waals surface area contributed by atoms with E-state index in [1.54, 1.807) is 19.2 Å². The van der Waals surface area contributed by atoms with Gasteiger partial charge in [0.2, 0.25) is 0 Å². The van der Waals surface area contributed by atoms with Crippen LogP contribution < -0.4 is 10.5 Å². The fourth-order valence-corrected chi connectivity index (χ4v) is 4.51. The second-order valence-corrected chi connectivity index (χ2v) is 8.20. The van der Waals surface area contributed by atoms with E-state index in [0.717, 1.165) is 19.4 Å². The van der Waals surface area contributed by atoms with Gasteiger partial charge in [-0.2, -0.15) is 0 Å². The molecule has 0 saturated carbocycles. The summed E-state index contributed by atoms with van der Waals surface area (Å²) in [6.45, 7) is 3.13. The first-order valence-corrected chi connectivity index (χ1v) is 10.5. The molecule has 3 unspecified atom stereocenters. The van der Waals surface area contributed by atoms with Crippen molar-refractivity contribution in [3.8, 4) is 17.6 Å². The molecule has 5 nitrogen and oxygen atoms in total. The number of rotatable bonds is 4. The number of hydrogen-bond acceptors (Lipinski definition) is 5. The molecule has 2 aromatic rings. The fourth-order valence-electron chi connectivity index (χ4n) is 3.83. The van der Waals surface area contributed by atoms with Crippen LogP contribution in [0, 0.1) is 29.5 Å². The molecule has 4 atom stereocenters. The highest BCUT2D eigenvalue weighted by Gasteiger charge is 2.40. The molecule has 2 saturated heterocycles. The number of benzene rings is 1. The number of aromatic nitrogens is 1. The highest BCUT2D eigenvalue weighted by molar-refractivity contribution is 6.36. The Morgan fingerprint density at radius 2 is 2.20 bits per heavy atom. The number of fused-ring (bicyclic) bond motifs is 1. The van der Waals surface area contributed by atoms with E-state index < -0.39 is 11.9 Å². The molecular weight excluding hydrogens is 430 g/mol. The van der Waals surface area contributed by atoms with Crippen molar-refractivity contribution in [2.45, 2.75) is 32.2 Å². The van der Waals surface area contributed by atoms with Gasteiger partial charge in [0.25, 0.3) is 0 Å². The van der Waals surface area contributed by atoms with Crippen LogP contribution >= 0.6 is 23.2 Å². The second-order valence-electron chi connectivity index (χ2n) is 7.42. The first kappa shape index (κ1) is 21.2. The van der Waals surface area contributed by atoms with Crippen LogP contribution in [0.5, 0.6) is 5.75 Å². The zero-order valence-corrected chi connectivity index (χ0v) is 17.8. The van der Waals surface area contributed by atoms with Crippen molar-refractivity contribution < 1.29 is 18.6 Å². The number of halogens is 3. The van der Waals surface area contributed by atoms with Gasteiger partial charge in [-0.1, -0.05) is 35.0 Å². The summed E-state index contributed by atoms with van der Waals surface area (Å²) >= 11 is 12.3. The Labute approximate surface area is 184 Å². The molecule has 4 rings (SSSR count). The molecule has 8 heteroatoms. The van der Waals surface area contributed by atoms with Crippen LogP contribution in [0.3, 0.4) is 0 Å². The Morgan fingerprint density at radius 3 is 3.03 bits per heavy atom. The zero-order valence-electron chi connectivity index (χ0n) is 16.3. The molecule has 2 aliphatic rings. The minimum Gasteiger partial charge on any atom is -0.482 e. The molecule has 0 aliphatic carbocycles. The SMILES string of the molecule is C[C@@H](Oc1cc(C#CCC2COC3OCCC23)cnc1N)c1c(Cl)ccc(F)c1Cl. The molecule has 1 aromatic carbocycles. The van der Waals surface area contributed by atoms with Crippen LogP contribution in [0.4, 0.5) is 10.2 Å². The third kappa shape index (κ3) is 4.35. The maximum Gasteiger partial charge on any atom is 0.166 e. The molecule has 0 bridgehead atoms. The van der Waals surface area contributed by atoms with Crippen molar-refractivity contribution in [2.75, 3.05) is 18.9 Å². The van der Waals surface area contributed by atoms with Crippen LogP contribution in [0.15, 0.2) is 24.4 Å². The number of ether oxygens (including phenoxy) is 3. The molecule has 0 spiro atoms. The molecule has 2 fully saturated rings. The van der Waals surface area contributed by atoms with E-state index in [1.807, 2.05) is 0 Å². The maximum absolute atomic E-state index is 13.8. The summed E-state index contributed by atoms with van der Waals surface area (Å²) in [5.41, 5.74) is 6.97. The van der Waals surface area contributed by atoms with Crippen molar-refractivity contribution >= 4 is 29.0 Å². The molecule has 158 valence electrons. The van der Waals surface area contributed by atoms with Gasteiger partial charge in [-0.25, -0.2) is 9.37 Å². The number of anilines is 1. The summed E-state index contributed by atoms with van der Waals surface area (Å²) in [5, 5.41) is 0.231. The predicted molar refractivity (Wildman–Crippen MR) is 113 cm³/mol. The van der Waals surface area contributed by atoms with E-state index in [-0.39, 0.29) is 17.1 Å². The molecule has 2 aliphatic heterocycles. The standard InChI is InChI=1S/C22H21Cl2FN2O3/c1-12(19-16(23)5-6-17(25)20(19)24)30-18-9-13(10-27-21(18)26)3-2-4-14-11-29-22-15(14)7-8-28-22/h5-6,9-10,12,14-15,22H,4,7-8,11H2,1H3,(H2,26,27)/t12-,14?,15?,22?/m1/s1. The van der Waals surface area contributed by atoms with Gasteiger partial charge in [-0.15, -0.1) is 0 Å². The quantitative estimate of drug-likeness (QED) is 0.524. The van der Waals surface area contributed by atoms with Gasteiger partial charge in [0, 0.05) is 46.7 Å². The fraction of sp³-hybridized carbons (Fsp3) is 0.409. The average molecular weight is 451 g/mol. The highest BCUT2D eigenvalue weighted by Crippen LogP contribution is 2.37. The van der Waals surface area contributed by atoms with Gasteiger partial charge in [0.1, 0.15) is 11.9 Å². The lowest BCUT2D eigenvalue weighted by atomic mass is 9.91. The number of nitrogen functional groups attached to an aromatic ring is 1. The first-order chi connectivity index (χ1) is 14.4. The van der Waals surface area contributed by atoms with Gasteiger partial charge < -0.3 is 19.9 Å². The molecule has 2 N–H and O–H groups in total. The van der Waals surface area contributed by atoms with E-state index >= 15 is 0 Å². The Balaban J connectivity index is 1.47. The normalized spacial score (nSPS) is 23.5. The van der Waals surface area contributed by atoms with Crippen molar-refractivity contribution in [2.24, 2.45) is 11.8 Å². The van der Waals surface area contributed by atoms with Crippen molar-refractivity contribution in [3.63, 3.8) is 0 Å². The summed E-state index contributed by atoms with van der Waals surface area (Å²) in [6.07, 6.45) is 2.62. The summed E-state index contributed by atoms with van der Waals surface area (Å²) in [5.74, 6) is 7.07. The molecule has 0 amide bonds. The van der Waals surface area contributed by atoms with Gasteiger partial charge in [-0.3, -0.25) is 0 Å². The predicted octanol–water partition coefficient (Wildman–Crippen LogP) is 5.00. The van der Waals surface area contributed by atoms with Crippen LogP contribution in [-0.2, 0) is 9.47 Å². The Bertz CT molecular complexity index is 1010. The highest BCUT2D eigenvalue weighted by atomic mass is 35.5. The minimum atomic E-state index is -0.636. The monoisotopic (exact) mass is 450 g/mol. The van der Waals surface area contributed by atoms with Gasteiger partial charge in [0.15, 0.2) is 17.9 Å². The number of pyridine rings is 1. The third-order valence-corrected chi connectivity index (χ3v) is 6.15. The van der Waals surface area contributed by atoms with Crippen LogP contribution in [0.25, 0.3) is 0 Å². The van der Waals surface area contributed by atoms with Crippen molar-refractivity contribution in [3.05, 3.63) is 51.4 Å². The first-order valence-electron chi connectivity index (χ1n) is 9.71. The summed E-state index contributed by atoms with van der Waals surface area (Å²) in [4.78, 5) is 4.16. The van der Waals surface area contributed by atoms with Gasteiger partial charge in [0.05, 0.1) is 18.2 Å². The number of hydrogen-bond donors (Lipinski definition) is 1. The van der Waals surface area contributed by atoms with Crippen molar-refractivity contribution in [1.29, 1.82) is 0 Å². The lowest BCUT2D eigenvalue weighted by Crippen LogP contribution is -2.14.